The van der Waals surface area contributed by atoms with Crippen LogP contribution in [0.25, 0.3) is 0 Å². The summed E-state index contributed by atoms with van der Waals surface area (Å²) in [7, 11) is 0. The van der Waals surface area contributed by atoms with Crippen molar-refractivity contribution in [3.63, 3.8) is 0 Å². The minimum atomic E-state index is -1.30. The molecule has 0 radical (unpaired) electrons. The van der Waals surface area contributed by atoms with Crippen LogP contribution in [0.3, 0.4) is 0 Å². The maximum Gasteiger partial charge on any atom is 0.328 e. The molecule has 6 heteroatoms. The van der Waals surface area contributed by atoms with Crippen molar-refractivity contribution in [2.75, 3.05) is 6.61 Å². The van der Waals surface area contributed by atoms with Gasteiger partial charge in [-0.1, -0.05) is 0 Å². The van der Waals surface area contributed by atoms with E-state index in [0.29, 0.717) is 0 Å². The average Bonchev–Trinajstić information content (AvgIpc) is 2.11. The molecule has 94 valence electrons. The van der Waals surface area contributed by atoms with Gasteiger partial charge in [0.15, 0.2) is 0 Å². The first-order valence-corrected chi connectivity index (χ1v) is 4.97. The summed E-state index contributed by atoms with van der Waals surface area (Å²) < 4.78 is 0. The van der Waals surface area contributed by atoms with E-state index in [2.05, 4.69) is 5.32 Å². The molecule has 16 heavy (non-hydrogen) atoms. The van der Waals surface area contributed by atoms with Crippen LogP contribution in [0.15, 0.2) is 0 Å². The molecule has 0 heterocycles. The monoisotopic (exact) mass is 232 g/mol. The molecule has 0 fully saturated rings. The summed E-state index contributed by atoms with van der Waals surface area (Å²) in [6.45, 7) is 5.96. The minimum Gasteiger partial charge on any atom is -0.480 e. The number of rotatable bonds is 5. The highest BCUT2D eigenvalue weighted by atomic mass is 16.4. The summed E-state index contributed by atoms with van der Waals surface area (Å²) in [4.78, 5) is 22.5. The molecule has 0 unspecified atom stereocenters. The highest BCUT2D eigenvalue weighted by Gasteiger charge is 2.41. The van der Waals surface area contributed by atoms with E-state index in [1.165, 1.54) is 0 Å². The highest BCUT2D eigenvalue weighted by molar-refractivity contribution is 5.87. The first-order chi connectivity index (χ1) is 7.04. The molecule has 0 rings (SSSR count). The zero-order valence-corrected chi connectivity index (χ0v) is 10.1. The topological polar surface area (TPSA) is 113 Å². The maximum absolute atomic E-state index is 11.8. The molecule has 1 atom stereocenters. The number of nitrogens with one attached hydrogen (secondary N) is 1. The van der Waals surface area contributed by atoms with Gasteiger partial charge in [0, 0.05) is 5.54 Å². The molecule has 0 aliphatic carbocycles. The summed E-state index contributed by atoms with van der Waals surface area (Å²) in [5.41, 5.74) is 4.11. The lowest BCUT2D eigenvalue weighted by atomic mass is 9.74. The van der Waals surface area contributed by atoms with Crippen LogP contribution >= 0.6 is 0 Å². The summed E-state index contributed by atoms with van der Waals surface area (Å²) >= 11 is 0. The molecule has 0 saturated carbocycles. The lowest BCUT2D eigenvalue weighted by Gasteiger charge is -2.37. The van der Waals surface area contributed by atoms with Crippen molar-refractivity contribution in [1.82, 2.24) is 5.32 Å². The molecule has 0 aromatic carbocycles. The Morgan fingerprint density at radius 2 is 1.75 bits per heavy atom. The van der Waals surface area contributed by atoms with E-state index in [1.807, 2.05) is 0 Å². The van der Waals surface area contributed by atoms with E-state index in [0.717, 1.165) is 0 Å². The highest BCUT2D eigenvalue weighted by Crippen LogP contribution is 2.28. The smallest absolute Gasteiger partial charge is 0.328 e. The standard InChI is InChI=1S/C10H20N2O4/c1-9(2,10(3,4)11)8(16)12-6(5-13)7(14)15/h6,13H,5,11H2,1-4H3,(H,12,16)(H,14,15)/t6-/m0/s1. The van der Waals surface area contributed by atoms with Gasteiger partial charge in [-0.2, -0.15) is 0 Å². The Morgan fingerprint density at radius 1 is 1.31 bits per heavy atom. The van der Waals surface area contributed by atoms with Crippen molar-refractivity contribution < 1.29 is 19.8 Å². The Kier molecular flexibility index (Phi) is 4.45. The number of carboxylic acids is 1. The molecule has 6 nitrogen and oxygen atoms in total. The third-order valence-electron chi connectivity index (χ3n) is 2.96. The van der Waals surface area contributed by atoms with E-state index in [9.17, 15) is 9.59 Å². The third-order valence-corrected chi connectivity index (χ3v) is 2.96. The van der Waals surface area contributed by atoms with Crippen LogP contribution in [0.4, 0.5) is 0 Å². The van der Waals surface area contributed by atoms with Crippen LogP contribution < -0.4 is 11.1 Å². The average molecular weight is 232 g/mol. The lowest BCUT2D eigenvalue weighted by molar-refractivity contribution is -0.145. The largest absolute Gasteiger partial charge is 0.480 e. The summed E-state index contributed by atoms with van der Waals surface area (Å²) in [5.74, 6) is -1.78. The zero-order valence-electron chi connectivity index (χ0n) is 10.1. The number of nitrogens with two attached hydrogens (primary N) is 1. The van der Waals surface area contributed by atoms with Crippen LogP contribution in [0.2, 0.25) is 0 Å². The van der Waals surface area contributed by atoms with Crippen LogP contribution in [0.1, 0.15) is 27.7 Å². The second kappa shape index (κ2) is 4.80. The van der Waals surface area contributed by atoms with Crippen molar-refractivity contribution in [3.8, 4) is 0 Å². The van der Waals surface area contributed by atoms with Crippen molar-refractivity contribution in [1.29, 1.82) is 0 Å². The minimum absolute atomic E-state index is 0.499. The molecule has 0 bridgehead atoms. The number of aliphatic hydroxyl groups excluding tert-OH is 1. The molecular formula is C10H20N2O4. The van der Waals surface area contributed by atoms with E-state index >= 15 is 0 Å². The molecular weight excluding hydrogens is 212 g/mol. The van der Waals surface area contributed by atoms with Gasteiger partial charge in [-0.3, -0.25) is 4.79 Å². The molecule has 1 amide bonds. The molecule has 0 aromatic rings. The van der Waals surface area contributed by atoms with Crippen LogP contribution in [-0.4, -0.2) is 40.3 Å². The van der Waals surface area contributed by atoms with E-state index in [-0.39, 0.29) is 0 Å². The Labute approximate surface area is 94.8 Å². The number of carbonyl (C=O) groups is 2. The van der Waals surface area contributed by atoms with Crippen molar-refractivity contribution >= 4 is 11.9 Å². The number of aliphatic hydroxyl groups is 1. The zero-order chi connectivity index (χ0) is 13.1. The van der Waals surface area contributed by atoms with Gasteiger partial charge >= 0.3 is 5.97 Å². The molecule has 0 aliphatic heterocycles. The van der Waals surface area contributed by atoms with Crippen molar-refractivity contribution in [2.45, 2.75) is 39.3 Å². The predicted molar refractivity (Wildman–Crippen MR) is 58.7 cm³/mol. The fourth-order valence-electron chi connectivity index (χ4n) is 0.817. The summed E-state index contributed by atoms with van der Waals surface area (Å²) in [5, 5.41) is 19.7. The van der Waals surface area contributed by atoms with Gasteiger partial charge in [0.05, 0.1) is 12.0 Å². The second-order valence-corrected chi connectivity index (χ2v) is 4.89. The second-order valence-electron chi connectivity index (χ2n) is 4.89. The fraction of sp³-hybridized carbons (Fsp3) is 0.800. The Hall–Kier alpha value is -1.14. The van der Waals surface area contributed by atoms with E-state index < -0.39 is 35.5 Å². The molecule has 5 N–H and O–H groups in total. The summed E-state index contributed by atoms with van der Waals surface area (Å²) in [6.07, 6.45) is 0. The number of hydrogen-bond donors (Lipinski definition) is 4. The summed E-state index contributed by atoms with van der Waals surface area (Å²) in [6, 6.07) is -1.30. The van der Waals surface area contributed by atoms with Crippen molar-refractivity contribution in [2.24, 2.45) is 11.1 Å². The van der Waals surface area contributed by atoms with Crippen molar-refractivity contribution in [3.05, 3.63) is 0 Å². The number of amides is 1. The number of carbonyl (C=O) groups excluding carboxylic acids is 1. The lowest BCUT2D eigenvalue weighted by Crippen LogP contribution is -2.58. The molecule has 0 aliphatic rings. The SMILES string of the molecule is CC(C)(N)C(C)(C)C(=O)N[C@@H](CO)C(=O)O. The van der Waals surface area contributed by atoms with Gasteiger partial charge in [-0.25, -0.2) is 4.79 Å². The van der Waals surface area contributed by atoms with Crippen LogP contribution in [0, 0.1) is 5.41 Å². The number of aliphatic carboxylic acids is 1. The van der Waals surface area contributed by atoms with Gasteiger partial charge in [0.1, 0.15) is 6.04 Å². The van der Waals surface area contributed by atoms with Gasteiger partial charge in [0.25, 0.3) is 0 Å². The van der Waals surface area contributed by atoms with E-state index in [1.54, 1.807) is 27.7 Å². The first kappa shape index (κ1) is 14.9. The first-order valence-electron chi connectivity index (χ1n) is 4.97. The van der Waals surface area contributed by atoms with Crippen LogP contribution in [-0.2, 0) is 9.59 Å². The number of hydrogen-bond acceptors (Lipinski definition) is 4. The van der Waals surface area contributed by atoms with Gasteiger partial charge in [0.2, 0.25) is 5.91 Å². The Balaban J connectivity index is 4.76. The number of carboxylic acid groups (broad SMARTS) is 1. The van der Waals surface area contributed by atoms with Gasteiger partial charge in [-0.15, -0.1) is 0 Å². The maximum atomic E-state index is 11.8. The third kappa shape index (κ3) is 3.18. The Morgan fingerprint density at radius 3 is 2.00 bits per heavy atom. The van der Waals surface area contributed by atoms with E-state index in [4.69, 9.17) is 15.9 Å². The van der Waals surface area contributed by atoms with Gasteiger partial charge < -0.3 is 21.3 Å². The molecule has 0 saturated heterocycles. The molecule has 0 aromatic heterocycles. The van der Waals surface area contributed by atoms with Crippen LogP contribution in [0.5, 0.6) is 0 Å². The van der Waals surface area contributed by atoms with Gasteiger partial charge in [-0.05, 0) is 27.7 Å². The predicted octanol–water partition coefficient (Wildman–Crippen LogP) is -0.688. The normalized spacial score (nSPS) is 14.4. The Bertz CT molecular complexity index is 281. The fourth-order valence-corrected chi connectivity index (χ4v) is 0.817. The molecule has 0 spiro atoms. The quantitative estimate of drug-likeness (QED) is 0.501.